The summed E-state index contributed by atoms with van der Waals surface area (Å²) in [6.07, 6.45) is 3.42. The van der Waals surface area contributed by atoms with Crippen molar-refractivity contribution in [1.29, 1.82) is 0 Å². The highest BCUT2D eigenvalue weighted by molar-refractivity contribution is 7.98. The van der Waals surface area contributed by atoms with E-state index in [1.807, 2.05) is 60.9 Å². The van der Waals surface area contributed by atoms with E-state index in [9.17, 15) is 9.59 Å². The molecule has 0 radical (unpaired) electrons. The van der Waals surface area contributed by atoms with Crippen molar-refractivity contribution in [2.24, 2.45) is 0 Å². The van der Waals surface area contributed by atoms with E-state index < -0.39 is 0 Å². The lowest BCUT2D eigenvalue weighted by atomic mass is 10.2. The molecule has 2 aromatic carbocycles. The van der Waals surface area contributed by atoms with Crippen LogP contribution in [-0.4, -0.2) is 21.7 Å². The molecule has 6 heteroatoms. The molecule has 0 fully saturated rings. The van der Waals surface area contributed by atoms with Crippen molar-refractivity contribution in [2.75, 3.05) is 11.6 Å². The van der Waals surface area contributed by atoms with Crippen molar-refractivity contribution in [2.45, 2.75) is 11.4 Å². The summed E-state index contributed by atoms with van der Waals surface area (Å²) < 4.78 is 1.43. The van der Waals surface area contributed by atoms with Gasteiger partial charge in [0.15, 0.2) is 0 Å². The molecule has 3 rings (SSSR count). The fourth-order valence-corrected chi connectivity index (χ4v) is 2.86. The lowest BCUT2D eigenvalue weighted by molar-refractivity contribution is 0.101. The van der Waals surface area contributed by atoms with Gasteiger partial charge in [0.05, 0.1) is 6.54 Å². The minimum absolute atomic E-state index is 0.304. The molecule has 0 aliphatic carbocycles. The highest BCUT2D eigenvalue weighted by Crippen LogP contribution is 2.19. The van der Waals surface area contributed by atoms with Crippen LogP contribution in [0.2, 0.25) is 0 Å². The Morgan fingerprint density at radius 1 is 1.17 bits per heavy atom. The number of amides is 1. The Kier molecular flexibility index (Phi) is 4.86. The highest BCUT2D eigenvalue weighted by Gasteiger charge is 2.15. The fraction of sp³-hybridized carbons (Fsp3) is 0.111. The van der Waals surface area contributed by atoms with Crippen LogP contribution in [0.5, 0.6) is 0 Å². The van der Waals surface area contributed by atoms with Crippen LogP contribution in [0.1, 0.15) is 16.1 Å². The van der Waals surface area contributed by atoms with Gasteiger partial charge in [0, 0.05) is 16.8 Å². The predicted molar refractivity (Wildman–Crippen MR) is 96.8 cm³/mol. The van der Waals surface area contributed by atoms with Crippen LogP contribution >= 0.6 is 11.8 Å². The molecule has 0 unspecified atom stereocenters. The SMILES string of the molecule is CSc1cccc(NC(=O)c2c[nH]c(=O)n2Cc2ccccc2)c1. The zero-order chi connectivity index (χ0) is 16.9. The van der Waals surface area contributed by atoms with E-state index in [1.165, 1.54) is 10.8 Å². The molecule has 0 atom stereocenters. The van der Waals surface area contributed by atoms with Crippen LogP contribution in [0.25, 0.3) is 0 Å². The average molecular weight is 339 g/mol. The molecule has 1 aromatic heterocycles. The molecule has 0 aliphatic heterocycles. The molecule has 122 valence electrons. The molecule has 0 spiro atoms. The van der Waals surface area contributed by atoms with Crippen molar-refractivity contribution in [1.82, 2.24) is 9.55 Å². The van der Waals surface area contributed by atoms with Gasteiger partial charge in [-0.05, 0) is 30.0 Å². The zero-order valence-corrected chi connectivity index (χ0v) is 14.0. The molecule has 0 aliphatic rings. The van der Waals surface area contributed by atoms with Crippen LogP contribution in [-0.2, 0) is 6.54 Å². The second kappa shape index (κ2) is 7.23. The quantitative estimate of drug-likeness (QED) is 0.702. The van der Waals surface area contributed by atoms with Gasteiger partial charge in [-0.1, -0.05) is 36.4 Å². The van der Waals surface area contributed by atoms with Crippen molar-refractivity contribution in [3.8, 4) is 0 Å². The minimum atomic E-state index is -0.317. The monoisotopic (exact) mass is 339 g/mol. The Hall–Kier alpha value is -2.73. The predicted octanol–water partition coefficient (Wildman–Crippen LogP) is 3.20. The molecular formula is C18H17N3O2S. The van der Waals surface area contributed by atoms with E-state index in [-0.39, 0.29) is 11.6 Å². The second-order valence-corrected chi connectivity index (χ2v) is 6.12. The van der Waals surface area contributed by atoms with E-state index in [4.69, 9.17) is 0 Å². The number of thioether (sulfide) groups is 1. The van der Waals surface area contributed by atoms with Gasteiger partial charge in [0.2, 0.25) is 0 Å². The first kappa shape index (κ1) is 16.1. The third kappa shape index (κ3) is 3.60. The number of hydrogen-bond donors (Lipinski definition) is 2. The number of carbonyl (C=O) groups excluding carboxylic acids is 1. The first-order chi connectivity index (χ1) is 11.7. The third-order valence-electron chi connectivity index (χ3n) is 3.61. The first-order valence-electron chi connectivity index (χ1n) is 7.45. The number of hydrogen-bond acceptors (Lipinski definition) is 3. The minimum Gasteiger partial charge on any atom is -0.321 e. The number of aromatic amines is 1. The van der Waals surface area contributed by atoms with Crippen LogP contribution in [0.15, 0.2) is 70.5 Å². The molecule has 24 heavy (non-hydrogen) atoms. The molecular weight excluding hydrogens is 322 g/mol. The normalized spacial score (nSPS) is 10.5. The lowest BCUT2D eigenvalue weighted by Gasteiger charge is -2.09. The van der Waals surface area contributed by atoms with Crippen molar-refractivity contribution in [3.63, 3.8) is 0 Å². The van der Waals surface area contributed by atoms with E-state index in [1.54, 1.807) is 11.8 Å². The molecule has 5 nitrogen and oxygen atoms in total. The van der Waals surface area contributed by atoms with Crippen LogP contribution in [0.3, 0.4) is 0 Å². The fourth-order valence-electron chi connectivity index (χ4n) is 2.40. The standard InChI is InChI=1S/C18H17N3O2S/c1-24-15-9-5-8-14(10-15)20-17(22)16-11-19-18(23)21(16)12-13-6-3-2-4-7-13/h2-11H,12H2,1H3,(H,19,23)(H,20,22). The zero-order valence-electron chi connectivity index (χ0n) is 13.2. The summed E-state index contributed by atoms with van der Waals surface area (Å²) in [5.41, 5.74) is 1.66. The summed E-state index contributed by atoms with van der Waals surface area (Å²) in [5.74, 6) is -0.317. The Morgan fingerprint density at radius 3 is 2.71 bits per heavy atom. The Morgan fingerprint density at radius 2 is 1.96 bits per heavy atom. The number of carbonyl (C=O) groups is 1. The molecule has 1 amide bonds. The van der Waals surface area contributed by atoms with Gasteiger partial charge in [0.25, 0.3) is 5.91 Å². The summed E-state index contributed by atoms with van der Waals surface area (Å²) in [7, 11) is 0. The van der Waals surface area contributed by atoms with Gasteiger partial charge in [0.1, 0.15) is 5.69 Å². The van der Waals surface area contributed by atoms with E-state index >= 15 is 0 Å². The van der Waals surface area contributed by atoms with Gasteiger partial charge < -0.3 is 10.3 Å². The van der Waals surface area contributed by atoms with Crippen molar-refractivity contribution >= 4 is 23.4 Å². The van der Waals surface area contributed by atoms with Crippen LogP contribution in [0, 0.1) is 0 Å². The van der Waals surface area contributed by atoms with E-state index in [0.29, 0.717) is 17.9 Å². The molecule has 0 bridgehead atoms. The van der Waals surface area contributed by atoms with Crippen LogP contribution < -0.4 is 11.0 Å². The van der Waals surface area contributed by atoms with E-state index in [0.717, 1.165) is 10.5 Å². The Balaban J connectivity index is 1.84. The van der Waals surface area contributed by atoms with Gasteiger partial charge in [-0.2, -0.15) is 0 Å². The highest BCUT2D eigenvalue weighted by atomic mass is 32.2. The number of nitrogens with zero attached hydrogens (tertiary/aromatic N) is 1. The average Bonchev–Trinajstić information content (AvgIpc) is 2.97. The number of rotatable bonds is 5. The Bertz CT molecular complexity index is 900. The molecule has 0 saturated carbocycles. The number of aromatic nitrogens is 2. The summed E-state index contributed by atoms with van der Waals surface area (Å²) in [4.78, 5) is 28.2. The number of benzene rings is 2. The van der Waals surface area contributed by atoms with Crippen molar-refractivity contribution < 1.29 is 4.79 Å². The molecule has 2 N–H and O–H groups in total. The lowest BCUT2D eigenvalue weighted by Crippen LogP contribution is -2.24. The topological polar surface area (TPSA) is 66.9 Å². The number of nitrogens with one attached hydrogen (secondary N) is 2. The maximum Gasteiger partial charge on any atom is 0.326 e. The molecule has 3 aromatic rings. The van der Waals surface area contributed by atoms with Gasteiger partial charge in [-0.3, -0.25) is 9.36 Å². The summed E-state index contributed by atoms with van der Waals surface area (Å²) >= 11 is 1.60. The maximum absolute atomic E-state index is 12.5. The van der Waals surface area contributed by atoms with Crippen LogP contribution in [0.4, 0.5) is 5.69 Å². The Labute approximate surface area is 143 Å². The third-order valence-corrected chi connectivity index (χ3v) is 4.34. The maximum atomic E-state index is 12.5. The van der Waals surface area contributed by atoms with Crippen molar-refractivity contribution in [3.05, 3.63) is 82.5 Å². The number of anilines is 1. The van der Waals surface area contributed by atoms with E-state index in [2.05, 4.69) is 10.3 Å². The smallest absolute Gasteiger partial charge is 0.321 e. The summed E-state index contributed by atoms with van der Waals surface area (Å²) in [6.45, 7) is 0.344. The molecule has 1 heterocycles. The number of H-pyrrole nitrogens is 1. The molecule has 0 saturated heterocycles. The largest absolute Gasteiger partial charge is 0.326 e. The van der Waals surface area contributed by atoms with Gasteiger partial charge >= 0.3 is 5.69 Å². The van der Waals surface area contributed by atoms with Gasteiger partial charge in [-0.25, -0.2) is 4.79 Å². The van der Waals surface area contributed by atoms with Gasteiger partial charge in [-0.15, -0.1) is 11.8 Å². The number of imidazole rings is 1. The second-order valence-electron chi connectivity index (χ2n) is 5.24. The summed E-state index contributed by atoms with van der Waals surface area (Å²) in [6, 6.07) is 17.1. The summed E-state index contributed by atoms with van der Waals surface area (Å²) in [5, 5.41) is 2.84. The first-order valence-corrected chi connectivity index (χ1v) is 8.67.